The molecule has 3 nitrogen and oxygen atoms in total. The molecular weight excluding hydrogens is 246 g/mol. The molecule has 102 valence electrons. The van der Waals surface area contributed by atoms with Crippen LogP contribution in [0.3, 0.4) is 0 Å². The lowest BCUT2D eigenvalue weighted by Gasteiger charge is -2.29. The molecule has 1 rings (SSSR count). The number of amides is 1. The van der Waals surface area contributed by atoms with Crippen molar-refractivity contribution in [3.05, 3.63) is 22.4 Å². The van der Waals surface area contributed by atoms with E-state index in [0.29, 0.717) is 12.8 Å². The number of carbonyl (C=O) groups excluding carboxylic acids is 1. The summed E-state index contributed by atoms with van der Waals surface area (Å²) in [4.78, 5) is 13.2. The monoisotopic (exact) mass is 269 g/mol. The quantitative estimate of drug-likeness (QED) is 0.762. The van der Waals surface area contributed by atoms with Gasteiger partial charge in [0.05, 0.1) is 0 Å². The summed E-state index contributed by atoms with van der Waals surface area (Å²) in [7, 11) is 0. The Labute approximate surface area is 113 Å². The third-order valence-corrected chi connectivity index (χ3v) is 4.23. The van der Waals surface area contributed by atoms with Crippen LogP contribution in [-0.2, 0) is 11.2 Å². The lowest BCUT2D eigenvalue weighted by molar-refractivity contribution is -0.123. The van der Waals surface area contributed by atoms with E-state index in [4.69, 9.17) is 5.11 Å². The van der Waals surface area contributed by atoms with Gasteiger partial charge in [0.25, 0.3) is 0 Å². The maximum atomic E-state index is 11.8. The highest BCUT2D eigenvalue weighted by Gasteiger charge is 2.23. The van der Waals surface area contributed by atoms with Gasteiger partial charge in [0.1, 0.15) is 0 Å². The third-order valence-electron chi connectivity index (χ3n) is 3.29. The molecule has 4 heteroatoms. The van der Waals surface area contributed by atoms with Gasteiger partial charge in [-0.25, -0.2) is 0 Å². The smallest absolute Gasteiger partial charge is 0.220 e. The van der Waals surface area contributed by atoms with Crippen LogP contribution >= 0.6 is 11.3 Å². The predicted octanol–water partition coefficient (Wildman–Crippen LogP) is 2.74. The van der Waals surface area contributed by atoms with E-state index in [1.54, 1.807) is 11.3 Å². The number of aliphatic hydroxyl groups excluding tert-OH is 1. The molecule has 0 saturated heterocycles. The van der Waals surface area contributed by atoms with Gasteiger partial charge in [-0.05, 0) is 44.1 Å². The maximum Gasteiger partial charge on any atom is 0.220 e. The molecule has 1 aromatic rings. The molecule has 0 saturated carbocycles. The Morgan fingerprint density at radius 2 is 2.33 bits per heavy atom. The summed E-state index contributed by atoms with van der Waals surface area (Å²) in [6.07, 6.45) is 3.85. The molecule has 0 aromatic carbocycles. The molecule has 2 N–H and O–H groups in total. The van der Waals surface area contributed by atoms with Crippen molar-refractivity contribution in [2.45, 2.75) is 51.5 Å². The predicted molar refractivity (Wildman–Crippen MR) is 75.8 cm³/mol. The second-order valence-electron chi connectivity index (χ2n) is 4.87. The number of aliphatic hydroxyl groups is 1. The number of carbonyl (C=O) groups is 1. The number of thiophene rings is 1. The zero-order valence-electron chi connectivity index (χ0n) is 11.2. The highest BCUT2D eigenvalue weighted by Crippen LogP contribution is 2.15. The van der Waals surface area contributed by atoms with E-state index in [9.17, 15) is 4.79 Å². The van der Waals surface area contributed by atoms with Crippen LogP contribution in [0, 0.1) is 0 Å². The molecule has 0 aliphatic heterocycles. The van der Waals surface area contributed by atoms with Crippen LogP contribution in [0.1, 0.15) is 44.4 Å². The molecular formula is C14H23NO2S. The van der Waals surface area contributed by atoms with Crippen LogP contribution in [0.2, 0.25) is 0 Å². The fraction of sp³-hybridized carbons (Fsp3) is 0.643. The van der Waals surface area contributed by atoms with Gasteiger partial charge >= 0.3 is 0 Å². The number of aryl methyl sites for hydroxylation is 1. The first kappa shape index (κ1) is 15.2. The van der Waals surface area contributed by atoms with Crippen molar-refractivity contribution in [3.8, 4) is 0 Å². The normalized spacial score (nSPS) is 14.2. The molecule has 1 heterocycles. The largest absolute Gasteiger partial charge is 0.396 e. The average Bonchev–Trinajstić information content (AvgIpc) is 2.82. The van der Waals surface area contributed by atoms with Gasteiger partial charge < -0.3 is 10.4 Å². The number of hydrogen-bond donors (Lipinski definition) is 2. The third kappa shape index (κ3) is 5.19. The van der Waals surface area contributed by atoms with Gasteiger partial charge in [-0.1, -0.05) is 13.0 Å². The fourth-order valence-electron chi connectivity index (χ4n) is 1.85. The Kier molecular flexibility index (Phi) is 6.36. The summed E-state index contributed by atoms with van der Waals surface area (Å²) in [5.41, 5.74) is -0.269. The van der Waals surface area contributed by atoms with Crippen molar-refractivity contribution in [2.75, 3.05) is 6.61 Å². The molecule has 0 fully saturated rings. The Bertz CT molecular complexity index is 351. The second kappa shape index (κ2) is 7.54. The minimum atomic E-state index is -0.269. The number of hydrogen-bond acceptors (Lipinski definition) is 3. The molecule has 0 aliphatic rings. The van der Waals surface area contributed by atoms with Gasteiger partial charge in [0, 0.05) is 23.4 Å². The van der Waals surface area contributed by atoms with E-state index >= 15 is 0 Å². The SMILES string of the molecule is CCC(C)(CCO)NC(=O)CCCc1cccs1. The minimum Gasteiger partial charge on any atom is -0.396 e. The molecule has 0 spiro atoms. The van der Waals surface area contributed by atoms with Crippen molar-refractivity contribution in [3.63, 3.8) is 0 Å². The first-order chi connectivity index (χ1) is 8.59. The van der Waals surface area contributed by atoms with E-state index < -0.39 is 0 Å². The topological polar surface area (TPSA) is 49.3 Å². The molecule has 1 aromatic heterocycles. The van der Waals surface area contributed by atoms with E-state index in [0.717, 1.165) is 19.3 Å². The highest BCUT2D eigenvalue weighted by molar-refractivity contribution is 7.09. The Balaban J connectivity index is 2.28. The van der Waals surface area contributed by atoms with E-state index in [1.807, 2.05) is 19.9 Å². The second-order valence-corrected chi connectivity index (χ2v) is 5.90. The van der Waals surface area contributed by atoms with Crippen molar-refractivity contribution < 1.29 is 9.90 Å². The van der Waals surface area contributed by atoms with Gasteiger partial charge in [0.2, 0.25) is 5.91 Å². The van der Waals surface area contributed by atoms with E-state index in [-0.39, 0.29) is 18.1 Å². The van der Waals surface area contributed by atoms with Crippen LogP contribution < -0.4 is 5.32 Å². The van der Waals surface area contributed by atoms with Crippen LogP contribution in [-0.4, -0.2) is 23.2 Å². The van der Waals surface area contributed by atoms with Crippen molar-refractivity contribution in [1.29, 1.82) is 0 Å². The summed E-state index contributed by atoms with van der Waals surface area (Å²) < 4.78 is 0. The fourth-order valence-corrected chi connectivity index (χ4v) is 2.60. The van der Waals surface area contributed by atoms with Gasteiger partial charge in [0.15, 0.2) is 0 Å². The van der Waals surface area contributed by atoms with E-state index in [1.165, 1.54) is 4.88 Å². The van der Waals surface area contributed by atoms with Crippen molar-refractivity contribution in [1.82, 2.24) is 5.32 Å². The van der Waals surface area contributed by atoms with Gasteiger partial charge in [-0.3, -0.25) is 4.79 Å². The lowest BCUT2D eigenvalue weighted by Crippen LogP contribution is -2.46. The lowest BCUT2D eigenvalue weighted by atomic mass is 9.94. The summed E-state index contributed by atoms with van der Waals surface area (Å²) in [6, 6.07) is 4.14. The summed E-state index contributed by atoms with van der Waals surface area (Å²) >= 11 is 1.74. The molecule has 1 unspecified atom stereocenters. The standard InChI is InChI=1S/C14H23NO2S/c1-3-14(2,9-10-16)15-13(17)8-4-6-12-7-5-11-18-12/h5,7,11,16H,3-4,6,8-10H2,1-2H3,(H,15,17). The first-order valence-corrected chi connectivity index (χ1v) is 7.42. The molecule has 18 heavy (non-hydrogen) atoms. The van der Waals surface area contributed by atoms with Crippen molar-refractivity contribution in [2.24, 2.45) is 0 Å². The first-order valence-electron chi connectivity index (χ1n) is 6.54. The van der Waals surface area contributed by atoms with Crippen LogP contribution in [0.4, 0.5) is 0 Å². The highest BCUT2D eigenvalue weighted by atomic mass is 32.1. The molecule has 1 atom stereocenters. The number of nitrogens with one attached hydrogen (secondary N) is 1. The zero-order valence-corrected chi connectivity index (χ0v) is 12.1. The zero-order chi connectivity index (χ0) is 13.4. The van der Waals surface area contributed by atoms with E-state index in [2.05, 4.69) is 16.8 Å². The van der Waals surface area contributed by atoms with Crippen LogP contribution in [0.25, 0.3) is 0 Å². The molecule has 1 amide bonds. The van der Waals surface area contributed by atoms with Crippen molar-refractivity contribution >= 4 is 17.2 Å². The molecule has 0 radical (unpaired) electrons. The van der Waals surface area contributed by atoms with Crippen LogP contribution in [0.15, 0.2) is 17.5 Å². The van der Waals surface area contributed by atoms with Gasteiger partial charge in [-0.15, -0.1) is 11.3 Å². The Morgan fingerprint density at radius 1 is 1.56 bits per heavy atom. The average molecular weight is 269 g/mol. The summed E-state index contributed by atoms with van der Waals surface area (Å²) in [5, 5.41) is 14.1. The summed E-state index contributed by atoms with van der Waals surface area (Å²) in [6.45, 7) is 4.13. The van der Waals surface area contributed by atoms with Gasteiger partial charge in [-0.2, -0.15) is 0 Å². The molecule has 0 aliphatic carbocycles. The Morgan fingerprint density at radius 3 is 2.89 bits per heavy atom. The Hall–Kier alpha value is -0.870. The molecule has 0 bridgehead atoms. The summed E-state index contributed by atoms with van der Waals surface area (Å²) in [5.74, 6) is 0.0874. The maximum absolute atomic E-state index is 11.8. The minimum absolute atomic E-state index is 0.0874. The van der Waals surface area contributed by atoms with Crippen LogP contribution in [0.5, 0.6) is 0 Å². The number of rotatable bonds is 8.